The topological polar surface area (TPSA) is 48.3 Å². The lowest BCUT2D eigenvalue weighted by atomic mass is 10.3. The zero-order valence-electron chi connectivity index (χ0n) is 6.28. The maximum Gasteiger partial charge on any atom is 0.355 e. The van der Waals surface area contributed by atoms with Crippen LogP contribution in [0.3, 0.4) is 0 Å². The third-order valence-electron chi connectivity index (χ3n) is 1.29. The van der Waals surface area contributed by atoms with Crippen LogP contribution in [0.15, 0.2) is 23.0 Å². The van der Waals surface area contributed by atoms with Gasteiger partial charge in [0, 0.05) is 6.07 Å². The second kappa shape index (κ2) is 3.53. The van der Waals surface area contributed by atoms with E-state index in [1.807, 2.05) is 0 Å². The van der Waals surface area contributed by atoms with Crippen molar-refractivity contribution in [2.45, 2.75) is 0 Å². The van der Waals surface area contributed by atoms with E-state index in [-0.39, 0.29) is 11.3 Å². The van der Waals surface area contributed by atoms with E-state index in [0.717, 1.165) is 3.59 Å². The number of aromatic nitrogens is 1. The molecule has 0 spiro atoms. The van der Waals surface area contributed by atoms with E-state index in [2.05, 4.69) is 20.9 Å². The molecule has 5 heteroatoms. The number of carbonyl (C=O) groups is 1. The van der Waals surface area contributed by atoms with Gasteiger partial charge in [0.1, 0.15) is 5.69 Å². The number of hydrogen-bond donors (Lipinski definition) is 0. The first-order valence-electron chi connectivity index (χ1n) is 3.13. The van der Waals surface area contributed by atoms with E-state index in [1.165, 1.54) is 25.3 Å². The second-order valence-corrected chi connectivity index (χ2v) is 2.73. The first-order chi connectivity index (χ1) is 5.66. The Bertz CT molecular complexity index is 358. The van der Waals surface area contributed by atoms with Crippen molar-refractivity contribution in [3.63, 3.8) is 0 Å². The first kappa shape index (κ1) is 8.99. The number of carbonyl (C=O) groups excluding carboxylic acids is 1. The monoisotopic (exact) mass is 231 g/mol. The molecule has 1 aromatic heterocycles. The van der Waals surface area contributed by atoms with Gasteiger partial charge in [-0.3, -0.25) is 4.79 Å². The smallest absolute Gasteiger partial charge is 0.355 e. The molecule has 0 unspecified atom stereocenters. The number of halogens is 1. The summed E-state index contributed by atoms with van der Waals surface area (Å²) in [6.07, 6.45) is 0. The van der Waals surface area contributed by atoms with Crippen LogP contribution in [0.1, 0.15) is 10.5 Å². The number of esters is 1. The number of hydrogen-bond acceptors (Lipinski definition) is 3. The molecule has 1 aromatic rings. The second-order valence-electron chi connectivity index (χ2n) is 2.02. The predicted octanol–water partition coefficient (Wildman–Crippen LogP) is 0.793. The summed E-state index contributed by atoms with van der Waals surface area (Å²) in [6, 6.07) is 4.31. The zero-order chi connectivity index (χ0) is 9.14. The van der Waals surface area contributed by atoms with Crippen molar-refractivity contribution in [2.24, 2.45) is 0 Å². The highest BCUT2D eigenvalue weighted by atomic mass is 79.9. The van der Waals surface area contributed by atoms with Crippen molar-refractivity contribution < 1.29 is 9.53 Å². The van der Waals surface area contributed by atoms with E-state index in [9.17, 15) is 9.59 Å². The molecule has 0 saturated carbocycles. The Hall–Kier alpha value is -1.10. The highest BCUT2D eigenvalue weighted by molar-refractivity contribution is 9.08. The van der Waals surface area contributed by atoms with Crippen LogP contribution in [-0.2, 0) is 4.74 Å². The average molecular weight is 232 g/mol. The summed E-state index contributed by atoms with van der Waals surface area (Å²) in [6.45, 7) is 0. The van der Waals surface area contributed by atoms with Crippen molar-refractivity contribution in [3.8, 4) is 0 Å². The molecule has 0 N–H and O–H groups in total. The molecule has 0 aliphatic heterocycles. The summed E-state index contributed by atoms with van der Waals surface area (Å²) in [7, 11) is 1.26. The Balaban J connectivity index is 3.26. The van der Waals surface area contributed by atoms with Gasteiger partial charge in [-0.1, -0.05) is 6.07 Å². The number of rotatable bonds is 1. The van der Waals surface area contributed by atoms with E-state index in [4.69, 9.17) is 0 Å². The molecule has 64 valence electrons. The van der Waals surface area contributed by atoms with Gasteiger partial charge in [0.25, 0.3) is 5.56 Å². The lowest BCUT2D eigenvalue weighted by molar-refractivity contribution is 0.0592. The fourth-order valence-corrected chi connectivity index (χ4v) is 1.11. The van der Waals surface area contributed by atoms with Gasteiger partial charge in [-0.25, -0.2) is 8.39 Å². The molecule has 0 radical (unpaired) electrons. The van der Waals surface area contributed by atoms with Gasteiger partial charge in [-0.15, -0.1) is 0 Å². The summed E-state index contributed by atoms with van der Waals surface area (Å²) in [4.78, 5) is 21.9. The molecule has 1 rings (SSSR count). The maximum absolute atomic E-state index is 11.0. The fourth-order valence-electron chi connectivity index (χ4n) is 0.724. The van der Waals surface area contributed by atoms with Crippen LogP contribution in [-0.4, -0.2) is 16.7 Å². The van der Waals surface area contributed by atoms with Crippen LogP contribution in [0.2, 0.25) is 0 Å². The molecule has 0 bridgehead atoms. The van der Waals surface area contributed by atoms with Crippen molar-refractivity contribution >= 4 is 22.1 Å². The summed E-state index contributed by atoms with van der Waals surface area (Å²) >= 11 is 2.92. The standard InChI is InChI=1S/C7H6BrNO3/c1-12-7(11)5-3-2-4-6(10)9(5)8/h2-4H,1H3. The third-order valence-corrected chi connectivity index (χ3v) is 2.02. The highest BCUT2D eigenvalue weighted by Crippen LogP contribution is 2.01. The molecular weight excluding hydrogens is 226 g/mol. The van der Waals surface area contributed by atoms with Gasteiger partial charge in [0.2, 0.25) is 0 Å². The Morgan fingerprint density at radius 2 is 2.25 bits per heavy atom. The highest BCUT2D eigenvalue weighted by Gasteiger charge is 2.09. The average Bonchev–Trinajstić information content (AvgIpc) is 2.08. The van der Waals surface area contributed by atoms with Crippen LogP contribution in [0.4, 0.5) is 0 Å². The van der Waals surface area contributed by atoms with Gasteiger partial charge in [0.05, 0.1) is 23.3 Å². The minimum atomic E-state index is -0.551. The van der Waals surface area contributed by atoms with Gasteiger partial charge in [0.15, 0.2) is 0 Å². The minimum Gasteiger partial charge on any atom is -0.464 e. The van der Waals surface area contributed by atoms with E-state index < -0.39 is 5.97 Å². The zero-order valence-corrected chi connectivity index (χ0v) is 7.87. The van der Waals surface area contributed by atoms with Crippen LogP contribution in [0, 0.1) is 0 Å². The summed E-state index contributed by atoms with van der Waals surface area (Å²) in [5, 5.41) is 0. The van der Waals surface area contributed by atoms with Crippen LogP contribution in [0.5, 0.6) is 0 Å². The van der Waals surface area contributed by atoms with Crippen LogP contribution in [0.25, 0.3) is 0 Å². The molecule has 0 aliphatic rings. The third kappa shape index (κ3) is 1.55. The molecular formula is C7H6BrNO3. The van der Waals surface area contributed by atoms with E-state index >= 15 is 0 Å². The number of nitrogens with zero attached hydrogens (tertiary/aromatic N) is 1. The van der Waals surface area contributed by atoms with E-state index in [1.54, 1.807) is 0 Å². The van der Waals surface area contributed by atoms with Crippen LogP contribution < -0.4 is 5.56 Å². The van der Waals surface area contributed by atoms with E-state index in [0.29, 0.717) is 0 Å². The largest absolute Gasteiger partial charge is 0.464 e. The molecule has 12 heavy (non-hydrogen) atoms. The van der Waals surface area contributed by atoms with Crippen molar-refractivity contribution in [1.82, 2.24) is 3.59 Å². The summed E-state index contributed by atoms with van der Waals surface area (Å²) in [5.41, 5.74) is -0.136. The quantitative estimate of drug-likeness (QED) is 0.672. The summed E-state index contributed by atoms with van der Waals surface area (Å²) in [5.74, 6) is -0.551. The van der Waals surface area contributed by atoms with Gasteiger partial charge < -0.3 is 4.74 Å². The lowest BCUT2D eigenvalue weighted by Crippen LogP contribution is -2.18. The molecule has 1 heterocycles. The fraction of sp³-hybridized carbons (Fsp3) is 0.143. The van der Waals surface area contributed by atoms with Crippen molar-refractivity contribution in [3.05, 3.63) is 34.2 Å². The lowest BCUT2D eigenvalue weighted by Gasteiger charge is -2.01. The van der Waals surface area contributed by atoms with Crippen molar-refractivity contribution in [1.29, 1.82) is 0 Å². The van der Waals surface area contributed by atoms with Crippen LogP contribution >= 0.6 is 16.1 Å². The molecule has 0 atom stereocenters. The molecule has 0 aromatic carbocycles. The SMILES string of the molecule is COC(=O)c1cccc(=O)n1Br. The molecule has 0 fully saturated rings. The molecule has 0 aliphatic carbocycles. The maximum atomic E-state index is 11.0. The minimum absolute atomic E-state index is 0.171. The normalized spacial score (nSPS) is 9.50. The molecule has 0 saturated heterocycles. The van der Waals surface area contributed by atoms with Crippen molar-refractivity contribution in [2.75, 3.05) is 7.11 Å². The number of pyridine rings is 1. The van der Waals surface area contributed by atoms with Gasteiger partial charge in [-0.05, 0) is 6.07 Å². The number of ether oxygens (including phenoxy) is 1. The Morgan fingerprint density at radius 3 is 2.83 bits per heavy atom. The molecule has 0 amide bonds. The predicted molar refractivity (Wildman–Crippen MR) is 46.4 cm³/mol. The number of methoxy groups -OCH3 is 1. The van der Waals surface area contributed by atoms with Gasteiger partial charge in [-0.2, -0.15) is 0 Å². The first-order valence-corrected chi connectivity index (χ1v) is 3.84. The van der Waals surface area contributed by atoms with Gasteiger partial charge >= 0.3 is 5.97 Å². The molecule has 4 nitrogen and oxygen atoms in total. The Morgan fingerprint density at radius 1 is 1.58 bits per heavy atom. The summed E-state index contributed by atoms with van der Waals surface area (Å²) < 4.78 is 5.50. The Kier molecular flexibility index (Phi) is 2.65. The Labute approximate surface area is 77.1 Å².